The zero-order valence-electron chi connectivity index (χ0n) is 7.23. The third kappa shape index (κ3) is 0.877. The standard InChI is InChI=1S/C10H6N4/c11-10-13-7-4-3-6-2-1-5-12-8(6)9(7)14-10/h1-5,11H. The second-order valence-electron chi connectivity index (χ2n) is 3.06. The zero-order valence-corrected chi connectivity index (χ0v) is 7.23. The van der Waals surface area contributed by atoms with E-state index in [-0.39, 0.29) is 5.96 Å². The van der Waals surface area contributed by atoms with E-state index < -0.39 is 0 Å². The molecular weight excluding hydrogens is 176 g/mol. The van der Waals surface area contributed by atoms with Gasteiger partial charge in [-0.05, 0) is 12.1 Å². The average molecular weight is 182 g/mol. The zero-order chi connectivity index (χ0) is 9.54. The van der Waals surface area contributed by atoms with Crippen LogP contribution in [0.5, 0.6) is 0 Å². The molecule has 1 N–H and O–H groups in total. The first kappa shape index (κ1) is 7.32. The van der Waals surface area contributed by atoms with Crippen LogP contribution in [0, 0.1) is 5.41 Å². The summed E-state index contributed by atoms with van der Waals surface area (Å²) < 4.78 is 0. The average Bonchev–Trinajstić information content (AvgIpc) is 2.59. The summed E-state index contributed by atoms with van der Waals surface area (Å²) in [7, 11) is 0. The highest BCUT2D eigenvalue weighted by Gasteiger charge is 2.05. The highest BCUT2D eigenvalue weighted by molar-refractivity contribution is 5.84. The van der Waals surface area contributed by atoms with Gasteiger partial charge in [-0.25, -0.2) is 9.98 Å². The number of nitrogens with one attached hydrogen (secondary N) is 1. The number of hydrogen-bond donors (Lipinski definition) is 1. The van der Waals surface area contributed by atoms with Crippen LogP contribution in [-0.2, 0) is 0 Å². The van der Waals surface area contributed by atoms with Crippen LogP contribution in [0.1, 0.15) is 0 Å². The van der Waals surface area contributed by atoms with Gasteiger partial charge < -0.3 is 0 Å². The smallest absolute Gasteiger partial charge is 0.243 e. The van der Waals surface area contributed by atoms with Crippen molar-refractivity contribution in [3.05, 3.63) is 41.2 Å². The number of pyridine rings is 1. The van der Waals surface area contributed by atoms with Gasteiger partial charge in [0.2, 0.25) is 5.96 Å². The first-order valence-corrected chi connectivity index (χ1v) is 4.24. The fourth-order valence-electron chi connectivity index (χ4n) is 1.56. The Morgan fingerprint density at radius 2 is 2.00 bits per heavy atom. The SMILES string of the molecule is N=C1N=c2ccc3cccnc3c2=N1. The van der Waals surface area contributed by atoms with E-state index in [1.165, 1.54) is 0 Å². The summed E-state index contributed by atoms with van der Waals surface area (Å²) in [5, 5.41) is 9.83. The van der Waals surface area contributed by atoms with Crippen LogP contribution in [-0.4, -0.2) is 10.9 Å². The van der Waals surface area contributed by atoms with Gasteiger partial charge in [0.1, 0.15) is 5.36 Å². The highest BCUT2D eigenvalue weighted by atomic mass is 15.1. The van der Waals surface area contributed by atoms with Crippen molar-refractivity contribution >= 4 is 16.9 Å². The minimum Gasteiger partial charge on any atom is -0.265 e. The molecule has 0 aliphatic carbocycles. The van der Waals surface area contributed by atoms with Crippen LogP contribution in [0.25, 0.3) is 10.9 Å². The van der Waals surface area contributed by atoms with E-state index in [1.807, 2.05) is 24.3 Å². The number of benzene rings is 1. The normalized spacial score (nSPS) is 13.6. The van der Waals surface area contributed by atoms with E-state index in [9.17, 15) is 0 Å². The highest BCUT2D eigenvalue weighted by Crippen LogP contribution is 2.03. The Balaban J connectivity index is 2.65. The van der Waals surface area contributed by atoms with Gasteiger partial charge in [-0.3, -0.25) is 10.4 Å². The van der Waals surface area contributed by atoms with Crippen molar-refractivity contribution in [1.29, 1.82) is 5.41 Å². The van der Waals surface area contributed by atoms with E-state index in [4.69, 9.17) is 5.41 Å². The lowest BCUT2D eigenvalue weighted by Gasteiger charge is -1.93. The van der Waals surface area contributed by atoms with Crippen LogP contribution >= 0.6 is 0 Å². The number of nitrogens with zero attached hydrogens (tertiary/aromatic N) is 3. The Kier molecular flexibility index (Phi) is 1.28. The van der Waals surface area contributed by atoms with Crippen molar-refractivity contribution < 1.29 is 0 Å². The lowest BCUT2D eigenvalue weighted by molar-refractivity contribution is 1.33. The van der Waals surface area contributed by atoms with Crippen molar-refractivity contribution in [3.63, 3.8) is 0 Å². The summed E-state index contributed by atoms with van der Waals surface area (Å²) in [6.07, 6.45) is 1.72. The molecule has 4 nitrogen and oxygen atoms in total. The number of fused-ring (bicyclic) bond motifs is 3. The summed E-state index contributed by atoms with van der Waals surface area (Å²) in [4.78, 5) is 12.3. The van der Waals surface area contributed by atoms with E-state index in [0.717, 1.165) is 16.3 Å². The summed E-state index contributed by atoms with van der Waals surface area (Å²) in [5.41, 5.74) is 0.816. The van der Waals surface area contributed by atoms with Gasteiger partial charge >= 0.3 is 0 Å². The maximum atomic E-state index is 7.35. The Hall–Kier alpha value is -2.10. The fraction of sp³-hybridized carbons (Fsp3) is 0. The first-order chi connectivity index (χ1) is 6.84. The Morgan fingerprint density at radius 3 is 2.93 bits per heavy atom. The van der Waals surface area contributed by atoms with E-state index >= 15 is 0 Å². The lowest BCUT2D eigenvalue weighted by Crippen LogP contribution is -2.22. The van der Waals surface area contributed by atoms with Crippen molar-refractivity contribution in [1.82, 2.24) is 4.98 Å². The second kappa shape index (κ2) is 2.45. The predicted molar refractivity (Wildman–Crippen MR) is 51.8 cm³/mol. The van der Waals surface area contributed by atoms with Crippen molar-refractivity contribution in [2.45, 2.75) is 0 Å². The molecule has 66 valence electrons. The molecule has 1 aromatic heterocycles. The summed E-state index contributed by atoms with van der Waals surface area (Å²) in [6, 6.07) is 7.66. The quantitative estimate of drug-likeness (QED) is 0.630. The maximum Gasteiger partial charge on any atom is 0.243 e. The molecule has 14 heavy (non-hydrogen) atoms. The molecule has 0 bridgehead atoms. The molecule has 2 aromatic rings. The molecule has 1 aromatic carbocycles. The monoisotopic (exact) mass is 182 g/mol. The third-order valence-corrected chi connectivity index (χ3v) is 2.17. The minimum absolute atomic E-state index is 0.0538. The largest absolute Gasteiger partial charge is 0.265 e. The lowest BCUT2D eigenvalue weighted by atomic mass is 10.2. The number of aromatic nitrogens is 1. The third-order valence-electron chi connectivity index (χ3n) is 2.17. The van der Waals surface area contributed by atoms with Crippen LogP contribution in [0.4, 0.5) is 0 Å². The maximum absolute atomic E-state index is 7.35. The van der Waals surface area contributed by atoms with E-state index in [1.54, 1.807) is 6.20 Å². The summed E-state index contributed by atoms with van der Waals surface area (Å²) in [6.45, 7) is 0. The number of rotatable bonds is 0. The Morgan fingerprint density at radius 1 is 1.07 bits per heavy atom. The van der Waals surface area contributed by atoms with Gasteiger partial charge in [0, 0.05) is 11.6 Å². The van der Waals surface area contributed by atoms with Crippen LogP contribution in [0.2, 0.25) is 0 Å². The minimum atomic E-state index is 0.0538. The predicted octanol–water partition coefficient (Wildman–Crippen LogP) is 0.422. The fourth-order valence-corrected chi connectivity index (χ4v) is 1.56. The molecule has 2 heterocycles. The Bertz CT molecular complexity index is 657. The summed E-state index contributed by atoms with van der Waals surface area (Å²) in [5.74, 6) is 0.0538. The molecule has 1 aliphatic rings. The van der Waals surface area contributed by atoms with E-state index in [0.29, 0.717) is 5.36 Å². The van der Waals surface area contributed by atoms with Crippen LogP contribution in [0.15, 0.2) is 40.4 Å². The van der Waals surface area contributed by atoms with Crippen molar-refractivity contribution in [3.8, 4) is 0 Å². The molecule has 1 aliphatic heterocycles. The van der Waals surface area contributed by atoms with Crippen molar-refractivity contribution in [2.75, 3.05) is 0 Å². The Labute approximate surface area is 79.2 Å². The van der Waals surface area contributed by atoms with E-state index in [2.05, 4.69) is 15.0 Å². The van der Waals surface area contributed by atoms with Gasteiger partial charge in [0.25, 0.3) is 0 Å². The van der Waals surface area contributed by atoms with Gasteiger partial charge in [-0.1, -0.05) is 12.1 Å². The molecule has 0 saturated heterocycles. The van der Waals surface area contributed by atoms with Gasteiger partial charge in [-0.2, -0.15) is 0 Å². The molecule has 0 unspecified atom stereocenters. The van der Waals surface area contributed by atoms with Gasteiger partial charge in [-0.15, -0.1) is 0 Å². The summed E-state index contributed by atoms with van der Waals surface area (Å²) >= 11 is 0. The van der Waals surface area contributed by atoms with Gasteiger partial charge in [0.05, 0.1) is 10.9 Å². The molecule has 0 amide bonds. The second-order valence-corrected chi connectivity index (χ2v) is 3.06. The molecule has 3 rings (SSSR count). The number of hydrogen-bond acceptors (Lipinski definition) is 2. The van der Waals surface area contributed by atoms with Crippen LogP contribution in [0.3, 0.4) is 0 Å². The molecular formula is C10H6N4. The molecule has 0 fully saturated rings. The van der Waals surface area contributed by atoms with Crippen LogP contribution < -0.4 is 10.7 Å². The molecule has 0 spiro atoms. The molecule has 4 heteroatoms. The molecule has 0 saturated carbocycles. The molecule has 0 radical (unpaired) electrons. The van der Waals surface area contributed by atoms with Crippen molar-refractivity contribution in [2.24, 2.45) is 9.98 Å². The first-order valence-electron chi connectivity index (χ1n) is 4.24. The molecule has 0 atom stereocenters. The number of guanidine groups is 1. The topological polar surface area (TPSA) is 61.5 Å². The van der Waals surface area contributed by atoms with Gasteiger partial charge in [0.15, 0.2) is 0 Å².